The zero-order valence-corrected chi connectivity index (χ0v) is 14.4. The van der Waals surface area contributed by atoms with Gasteiger partial charge >= 0.3 is 0 Å². The molecule has 0 fully saturated rings. The Morgan fingerprint density at radius 2 is 1.90 bits per heavy atom. The van der Waals surface area contributed by atoms with E-state index in [9.17, 15) is 8.42 Å². The second-order valence-electron chi connectivity index (χ2n) is 5.36. The fraction of sp³-hybridized carbons (Fsp3) is 0.625. The van der Waals surface area contributed by atoms with E-state index in [0.29, 0.717) is 18.0 Å². The average molecular weight is 312 g/mol. The molecule has 1 aromatic rings. The van der Waals surface area contributed by atoms with Gasteiger partial charge in [-0.25, -0.2) is 8.42 Å². The van der Waals surface area contributed by atoms with E-state index in [0.717, 1.165) is 24.8 Å². The van der Waals surface area contributed by atoms with Gasteiger partial charge in [0, 0.05) is 19.1 Å². The van der Waals surface area contributed by atoms with Crippen LogP contribution in [0.1, 0.15) is 45.6 Å². The molecular formula is C16H28N2O2S. The fourth-order valence-corrected chi connectivity index (χ4v) is 4.28. The first kappa shape index (κ1) is 18.1. The number of hydrogen-bond acceptors (Lipinski definition) is 3. The Balaban J connectivity index is 3.22. The van der Waals surface area contributed by atoms with Crippen molar-refractivity contribution in [3.63, 3.8) is 0 Å². The summed E-state index contributed by atoms with van der Waals surface area (Å²) in [6.45, 7) is 7.22. The number of nitrogens with one attached hydrogen (secondary N) is 1. The Morgan fingerprint density at radius 3 is 2.48 bits per heavy atom. The van der Waals surface area contributed by atoms with Crippen LogP contribution in [0.25, 0.3) is 0 Å². The molecule has 0 radical (unpaired) electrons. The van der Waals surface area contributed by atoms with E-state index in [-0.39, 0.29) is 6.04 Å². The SMILES string of the molecule is CCCCN(C(C)CC)S(=O)(=O)c1ccccc1CNC. The summed E-state index contributed by atoms with van der Waals surface area (Å²) in [5.74, 6) is 0. The number of rotatable bonds is 9. The lowest BCUT2D eigenvalue weighted by Gasteiger charge is -2.28. The maximum atomic E-state index is 13.0. The molecule has 1 unspecified atom stereocenters. The Bertz CT molecular complexity index is 529. The van der Waals surface area contributed by atoms with Crippen LogP contribution in [-0.2, 0) is 16.6 Å². The van der Waals surface area contributed by atoms with Crippen LogP contribution in [0.2, 0.25) is 0 Å². The van der Waals surface area contributed by atoms with Gasteiger partial charge in [0.05, 0.1) is 4.90 Å². The lowest BCUT2D eigenvalue weighted by atomic mass is 10.2. The smallest absolute Gasteiger partial charge is 0.243 e. The normalized spacial score (nSPS) is 13.6. The highest BCUT2D eigenvalue weighted by Crippen LogP contribution is 2.23. The third-order valence-corrected chi connectivity index (χ3v) is 5.85. The molecule has 0 spiro atoms. The molecule has 0 bridgehead atoms. The van der Waals surface area contributed by atoms with Gasteiger partial charge in [-0.2, -0.15) is 4.31 Å². The van der Waals surface area contributed by atoms with Crippen LogP contribution >= 0.6 is 0 Å². The minimum Gasteiger partial charge on any atom is -0.316 e. The van der Waals surface area contributed by atoms with E-state index in [2.05, 4.69) is 12.2 Å². The number of benzene rings is 1. The van der Waals surface area contributed by atoms with Gasteiger partial charge in [-0.3, -0.25) is 0 Å². The molecule has 1 aromatic carbocycles. The van der Waals surface area contributed by atoms with E-state index in [1.165, 1.54) is 0 Å². The summed E-state index contributed by atoms with van der Waals surface area (Å²) in [6.07, 6.45) is 2.69. The van der Waals surface area contributed by atoms with Gasteiger partial charge in [0.1, 0.15) is 0 Å². The van der Waals surface area contributed by atoms with E-state index in [1.807, 2.05) is 33.0 Å². The average Bonchev–Trinajstić information content (AvgIpc) is 2.48. The molecule has 4 nitrogen and oxygen atoms in total. The summed E-state index contributed by atoms with van der Waals surface area (Å²) in [6, 6.07) is 7.28. The van der Waals surface area contributed by atoms with Crippen LogP contribution in [-0.4, -0.2) is 32.4 Å². The summed E-state index contributed by atoms with van der Waals surface area (Å²) in [7, 11) is -1.62. The van der Waals surface area contributed by atoms with Crippen LogP contribution in [0.5, 0.6) is 0 Å². The molecule has 21 heavy (non-hydrogen) atoms. The molecule has 0 aromatic heterocycles. The third kappa shape index (κ3) is 4.53. The van der Waals surface area contributed by atoms with Crippen LogP contribution in [0, 0.1) is 0 Å². The maximum absolute atomic E-state index is 13.0. The Labute approximate surface area is 129 Å². The summed E-state index contributed by atoms with van der Waals surface area (Å²) in [4.78, 5) is 0.427. The molecule has 5 heteroatoms. The first-order valence-electron chi connectivity index (χ1n) is 7.73. The molecule has 0 saturated heterocycles. The monoisotopic (exact) mass is 312 g/mol. The van der Waals surface area contributed by atoms with E-state index < -0.39 is 10.0 Å². The van der Waals surface area contributed by atoms with E-state index >= 15 is 0 Å². The van der Waals surface area contributed by atoms with Crippen molar-refractivity contribution in [1.29, 1.82) is 0 Å². The lowest BCUT2D eigenvalue weighted by Crippen LogP contribution is -2.39. The number of hydrogen-bond donors (Lipinski definition) is 1. The molecular weight excluding hydrogens is 284 g/mol. The van der Waals surface area contributed by atoms with Crippen LogP contribution < -0.4 is 5.32 Å². The summed E-state index contributed by atoms with van der Waals surface area (Å²) < 4.78 is 27.7. The summed E-state index contributed by atoms with van der Waals surface area (Å²) in [5, 5.41) is 3.04. The minimum absolute atomic E-state index is 0.0178. The van der Waals surface area contributed by atoms with Crippen molar-refractivity contribution >= 4 is 10.0 Å². The lowest BCUT2D eigenvalue weighted by molar-refractivity contribution is 0.324. The van der Waals surface area contributed by atoms with Crippen LogP contribution in [0.3, 0.4) is 0 Å². The molecule has 1 rings (SSSR count). The van der Waals surface area contributed by atoms with Crippen molar-refractivity contribution in [2.24, 2.45) is 0 Å². The van der Waals surface area contributed by atoms with Gasteiger partial charge in [0.2, 0.25) is 10.0 Å². The first-order chi connectivity index (χ1) is 9.98. The molecule has 0 saturated carbocycles. The van der Waals surface area contributed by atoms with Gasteiger partial charge < -0.3 is 5.32 Å². The molecule has 0 aliphatic rings. The van der Waals surface area contributed by atoms with Gasteiger partial charge in [-0.15, -0.1) is 0 Å². The third-order valence-electron chi connectivity index (χ3n) is 3.74. The topological polar surface area (TPSA) is 49.4 Å². The molecule has 0 aliphatic carbocycles. The molecule has 0 heterocycles. The van der Waals surface area contributed by atoms with E-state index in [4.69, 9.17) is 0 Å². The van der Waals surface area contributed by atoms with Gasteiger partial charge in [-0.05, 0) is 38.4 Å². The number of nitrogens with zero attached hydrogens (tertiary/aromatic N) is 1. The minimum atomic E-state index is -3.44. The van der Waals surface area contributed by atoms with Crippen LogP contribution in [0.4, 0.5) is 0 Å². The largest absolute Gasteiger partial charge is 0.316 e. The predicted octanol–water partition coefficient (Wildman–Crippen LogP) is 3.00. The van der Waals surface area contributed by atoms with Crippen molar-refractivity contribution in [1.82, 2.24) is 9.62 Å². The van der Waals surface area contributed by atoms with Gasteiger partial charge in [0.15, 0.2) is 0 Å². The highest BCUT2D eigenvalue weighted by molar-refractivity contribution is 7.89. The zero-order chi connectivity index (χ0) is 15.9. The zero-order valence-electron chi connectivity index (χ0n) is 13.6. The van der Waals surface area contributed by atoms with Crippen molar-refractivity contribution < 1.29 is 8.42 Å². The molecule has 120 valence electrons. The Hall–Kier alpha value is -0.910. The van der Waals surface area contributed by atoms with Crippen LogP contribution in [0.15, 0.2) is 29.2 Å². The van der Waals surface area contributed by atoms with Crippen molar-refractivity contribution in [3.05, 3.63) is 29.8 Å². The molecule has 1 N–H and O–H groups in total. The standard InChI is InChI=1S/C16H28N2O2S/c1-5-7-12-18(14(3)6-2)21(19,20)16-11-9-8-10-15(16)13-17-4/h8-11,14,17H,5-7,12-13H2,1-4H3. The Kier molecular flexibility index (Phi) is 7.35. The highest BCUT2D eigenvalue weighted by Gasteiger charge is 2.29. The first-order valence-corrected chi connectivity index (χ1v) is 9.17. The van der Waals surface area contributed by atoms with Crippen molar-refractivity contribution in [3.8, 4) is 0 Å². The second kappa shape index (κ2) is 8.51. The summed E-state index contributed by atoms with van der Waals surface area (Å²) >= 11 is 0. The maximum Gasteiger partial charge on any atom is 0.243 e. The molecule has 0 aliphatic heterocycles. The van der Waals surface area contributed by atoms with Crippen molar-refractivity contribution in [2.75, 3.05) is 13.6 Å². The predicted molar refractivity (Wildman–Crippen MR) is 87.8 cm³/mol. The number of unbranched alkanes of at least 4 members (excludes halogenated alkanes) is 1. The fourth-order valence-electron chi connectivity index (χ4n) is 2.31. The van der Waals surface area contributed by atoms with Gasteiger partial charge in [0.25, 0.3) is 0 Å². The quantitative estimate of drug-likeness (QED) is 0.762. The van der Waals surface area contributed by atoms with Gasteiger partial charge in [-0.1, -0.05) is 38.5 Å². The molecule has 0 amide bonds. The summed E-state index contributed by atoms with van der Waals surface area (Å²) in [5.41, 5.74) is 0.824. The number of sulfonamides is 1. The van der Waals surface area contributed by atoms with E-state index in [1.54, 1.807) is 16.4 Å². The Morgan fingerprint density at radius 1 is 1.24 bits per heavy atom. The second-order valence-corrected chi connectivity index (χ2v) is 7.22. The highest BCUT2D eigenvalue weighted by atomic mass is 32.2. The molecule has 1 atom stereocenters. The van der Waals surface area contributed by atoms with Crippen molar-refractivity contribution in [2.45, 2.75) is 57.5 Å².